The number of nitrogens with zero attached hydrogens (tertiary/aromatic N) is 2. The van der Waals surface area contributed by atoms with Gasteiger partial charge in [0, 0.05) is 27.9 Å². The lowest BCUT2D eigenvalue weighted by atomic mass is 10.2. The topological polar surface area (TPSA) is 134 Å². The van der Waals surface area contributed by atoms with Crippen molar-refractivity contribution in [1.82, 2.24) is 15.8 Å². The molecule has 0 spiro atoms. The molecule has 2 aromatic rings. The smallest absolute Gasteiger partial charge is 0.270 e. The van der Waals surface area contributed by atoms with E-state index >= 15 is 0 Å². The van der Waals surface area contributed by atoms with Gasteiger partial charge in [-0.3, -0.25) is 40.2 Å². The molecule has 0 aliphatic heterocycles. The number of nitrogens with one attached hydrogen (secondary N) is 3. The minimum absolute atomic E-state index is 0.0297. The number of rotatable bonds is 7. The molecule has 0 aromatic heterocycles. The normalized spacial score (nSPS) is 10.4. The van der Waals surface area contributed by atoms with Crippen LogP contribution in [0.25, 0.3) is 0 Å². The molecule has 3 amide bonds. The molecule has 158 valence electrons. The molecule has 0 aliphatic carbocycles. The minimum Gasteiger partial charge on any atom is -0.325 e. The molecule has 0 bridgehead atoms. The fourth-order valence-corrected chi connectivity index (χ4v) is 2.98. The Balaban J connectivity index is 1.80. The highest BCUT2D eigenvalue weighted by Crippen LogP contribution is 2.19. The summed E-state index contributed by atoms with van der Waals surface area (Å²) in [6.45, 7) is 1.67. The van der Waals surface area contributed by atoms with Gasteiger partial charge in [-0.2, -0.15) is 0 Å². The molecule has 0 aliphatic rings. The molecule has 0 saturated carbocycles. The fourth-order valence-electron chi connectivity index (χ4n) is 2.50. The zero-order valence-electron chi connectivity index (χ0n) is 16.3. The minimum atomic E-state index is -0.696. The van der Waals surface area contributed by atoms with Crippen molar-refractivity contribution in [3.05, 3.63) is 68.2 Å². The van der Waals surface area contributed by atoms with Crippen LogP contribution in [0.2, 0.25) is 0 Å². The Morgan fingerprint density at radius 1 is 1.07 bits per heavy atom. The van der Waals surface area contributed by atoms with Crippen molar-refractivity contribution < 1.29 is 19.3 Å². The number of hydrogen-bond acceptors (Lipinski definition) is 6. The number of amides is 3. The second-order valence-corrected chi connectivity index (χ2v) is 7.41. The number of nitro groups is 1. The summed E-state index contributed by atoms with van der Waals surface area (Å²) in [6.07, 6.45) is 0. The summed E-state index contributed by atoms with van der Waals surface area (Å²) in [7, 11) is 1.58. The van der Waals surface area contributed by atoms with Gasteiger partial charge in [0.15, 0.2) is 0 Å². The third-order valence-corrected chi connectivity index (χ3v) is 4.42. The van der Waals surface area contributed by atoms with E-state index in [4.69, 9.17) is 0 Å². The number of nitro benzene ring substituents is 1. The number of carbonyl (C=O) groups excluding carboxylic acids is 3. The number of halogens is 1. The number of anilines is 1. The van der Waals surface area contributed by atoms with Gasteiger partial charge in [-0.05, 0) is 43.8 Å². The van der Waals surface area contributed by atoms with Crippen molar-refractivity contribution in [2.45, 2.75) is 6.92 Å². The Bertz CT molecular complexity index is 982. The average Bonchev–Trinajstić information content (AvgIpc) is 2.68. The maximum atomic E-state index is 12.2. The van der Waals surface area contributed by atoms with E-state index in [0.29, 0.717) is 5.69 Å². The Morgan fingerprint density at radius 2 is 1.77 bits per heavy atom. The molecule has 0 saturated heterocycles. The predicted molar refractivity (Wildman–Crippen MR) is 114 cm³/mol. The van der Waals surface area contributed by atoms with Crippen molar-refractivity contribution in [2.24, 2.45) is 0 Å². The third kappa shape index (κ3) is 6.94. The van der Waals surface area contributed by atoms with Gasteiger partial charge in [-0.25, -0.2) is 0 Å². The Hall–Kier alpha value is -3.31. The first-order valence-electron chi connectivity index (χ1n) is 8.74. The van der Waals surface area contributed by atoms with E-state index in [1.807, 2.05) is 19.1 Å². The van der Waals surface area contributed by atoms with Gasteiger partial charge in [0.05, 0.1) is 18.0 Å². The summed E-state index contributed by atoms with van der Waals surface area (Å²) in [6, 6.07) is 10.6. The lowest BCUT2D eigenvalue weighted by Crippen LogP contribution is -2.46. The highest BCUT2D eigenvalue weighted by atomic mass is 79.9. The highest BCUT2D eigenvalue weighted by molar-refractivity contribution is 9.10. The van der Waals surface area contributed by atoms with Gasteiger partial charge >= 0.3 is 0 Å². The van der Waals surface area contributed by atoms with Crippen LogP contribution in [-0.2, 0) is 9.59 Å². The molecule has 2 rings (SSSR count). The maximum Gasteiger partial charge on any atom is 0.270 e. The highest BCUT2D eigenvalue weighted by Gasteiger charge is 2.14. The van der Waals surface area contributed by atoms with E-state index in [0.717, 1.165) is 16.1 Å². The average molecular weight is 478 g/mol. The van der Waals surface area contributed by atoms with Gasteiger partial charge < -0.3 is 5.32 Å². The molecule has 2 aromatic carbocycles. The Labute approximate surface area is 180 Å². The number of likely N-dealkylation sites (N-methyl/N-ethyl adjacent to an activating group) is 1. The van der Waals surface area contributed by atoms with E-state index in [2.05, 4.69) is 32.1 Å². The van der Waals surface area contributed by atoms with E-state index in [-0.39, 0.29) is 30.2 Å². The van der Waals surface area contributed by atoms with E-state index in [1.165, 1.54) is 23.1 Å². The summed E-state index contributed by atoms with van der Waals surface area (Å²) in [5, 5.41) is 13.5. The van der Waals surface area contributed by atoms with Crippen LogP contribution < -0.4 is 16.2 Å². The standard InChI is InChI=1S/C19H20BrN5O5/c1-12-8-14(20)6-7-16(12)21-17(26)10-24(2)11-18(27)22-23-19(28)13-4-3-5-15(9-13)25(29)30/h3-9H,10-11H2,1-2H3,(H,21,26)(H,22,27)(H,23,28). The monoisotopic (exact) mass is 477 g/mol. The van der Waals surface area contributed by atoms with Crippen LogP contribution in [0.5, 0.6) is 0 Å². The molecule has 0 fully saturated rings. The second kappa shape index (κ2) is 10.5. The predicted octanol–water partition coefficient (Wildman–Crippen LogP) is 2.00. The Morgan fingerprint density at radius 3 is 2.43 bits per heavy atom. The number of hydrogen-bond donors (Lipinski definition) is 3. The zero-order valence-corrected chi connectivity index (χ0v) is 17.9. The first kappa shape index (κ1) is 23.0. The van der Waals surface area contributed by atoms with E-state index in [1.54, 1.807) is 13.1 Å². The molecular formula is C19H20BrN5O5. The molecule has 0 heterocycles. The second-order valence-electron chi connectivity index (χ2n) is 6.49. The van der Waals surface area contributed by atoms with Gasteiger partial charge in [0.1, 0.15) is 0 Å². The SMILES string of the molecule is Cc1cc(Br)ccc1NC(=O)CN(C)CC(=O)NNC(=O)c1cccc([N+](=O)[O-])c1. The van der Waals surface area contributed by atoms with Gasteiger partial charge in [0.2, 0.25) is 5.91 Å². The molecule has 0 unspecified atom stereocenters. The zero-order chi connectivity index (χ0) is 22.3. The first-order chi connectivity index (χ1) is 14.2. The van der Waals surface area contributed by atoms with Crippen LogP contribution in [-0.4, -0.2) is 47.7 Å². The third-order valence-electron chi connectivity index (χ3n) is 3.92. The first-order valence-corrected chi connectivity index (χ1v) is 9.53. The summed E-state index contributed by atoms with van der Waals surface area (Å²) in [4.78, 5) is 47.8. The van der Waals surface area contributed by atoms with Gasteiger partial charge in [-0.1, -0.05) is 22.0 Å². The number of carbonyl (C=O) groups is 3. The molecular weight excluding hydrogens is 458 g/mol. The van der Waals surface area contributed by atoms with Crippen molar-refractivity contribution in [3.63, 3.8) is 0 Å². The van der Waals surface area contributed by atoms with Crippen LogP contribution in [0.1, 0.15) is 15.9 Å². The lowest BCUT2D eigenvalue weighted by Gasteiger charge is -2.17. The van der Waals surface area contributed by atoms with Crippen LogP contribution in [0.3, 0.4) is 0 Å². The van der Waals surface area contributed by atoms with Crippen molar-refractivity contribution >= 4 is 45.0 Å². The van der Waals surface area contributed by atoms with Crippen molar-refractivity contribution in [1.29, 1.82) is 0 Å². The molecule has 30 heavy (non-hydrogen) atoms. The number of aryl methyl sites for hydroxylation is 1. The summed E-state index contributed by atoms with van der Waals surface area (Å²) in [5.41, 5.74) is 5.75. The fraction of sp³-hybridized carbons (Fsp3) is 0.211. The molecule has 0 atom stereocenters. The summed E-state index contributed by atoms with van der Waals surface area (Å²) < 4.78 is 0.902. The largest absolute Gasteiger partial charge is 0.325 e. The van der Waals surface area contributed by atoms with E-state index in [9.17, 15) is 24.5 Å². The van der Waals surface area contributed by atoms with Crippen LogP contribution in [0.15, 0.2) is 46.9 Å². The van der Waals surface area contributed by atoms with Gasteiger partial charge in [-0.15, -0.1) is 0 Å². The number of hydrazine groups is 1. The van der Waals surface area contributed by atoms with Crippen molar-refractivity contribution in [2.75, 3.05) is 25.5 Å². The number of benzene rings is 2. The number of non-ortho nitro benzene ring substituents is 1. The summed E-state index contributed by atoms with van der Waals surface area (Å²) >= 11 is 3.35. The molecule has 3 N–H and O–H groups in total. The molecule has 10 nitrogen and oxygen atoms in total. The molecule has 0 radical (unpaired) electrons. The maximum absolute atomic E-state index is 12.2. The van der Waals surface area contributed by atoms with E-state index < -0.39 is 16.7 Å². The van der Waals surface area contributed by atoms with Gasteiger partial charge in [0.25, 0.3) is 17.5 Å². The van der Waals surface area contributed by atoms with Crippen LogP contribution >= 0.6 is 15.9 Å². The summed E-state index contributed by atoms with van der Waals surface area (Å²) in [5.74, 6) is -1.54. The lowest BCUT2D eigenvalue weighted by molar-refractivity contribution is -0.384. The van der Waals surface area contributed by atoms with Crippen LogP contribution in [0.4, 0.5) is 11.4 Å². The van der Waals surface area contributed by atoms with Crippen molar-refractivity contribution in [3.8, 4) is 0 Å². The Kier molecular flexibility index (Phi) is 8.01. The quantitative estimate of drug-likeness (QED) is 0.412. The molecule has 11 heteroatoms. The van der Waals surface area contributed by atoms with Crippen LogP contribution in [0, 0.1) is 17.0 Å².